The molecular formula is C15H26O4. The third-order valence-electron chi connectivity index (χ3n) is 2.52. The van der Waals surface area contributed by atoms with E-state index in [2.05, 4.69) is 0 Å². The molecule has 0 aromatic heterocycles. The number of hydrogen-bond donors (Lipinski definition) is 0. The largest absolute Gasteiger partial charge is 0.463 e. The van der Waals surface area contributed by atoms with Crippen LogP contribution in [0.15, 0.2) is 11.1 Å². The Labute approximate surface area is 116 Å². The Bertz CT molecular complexity index is 329. The molecule has 0 spiro atoms. The van der Waals surface area contributed by atoms with Crippen molar-refractivity contribution in [2.45, 2.75) is 53.9 Å². The molecule has 0 aliphatic heterocycles. The number of ether oxygens (including phenoxy) is 2. The van der Waals surface area contributed by atoms with Crippen LogP contribution in [-0.4, -0.2) is 25.2 Å². The fourth-order valence-corrected chi connectivity index (χ4v) is 1.80. The van der Waals surface area contributed by atoms with Gasteiger partial charge < -0.3 is 9.47 Å². The van der Waals surface area contributed by atoms with Crippen LogP contribution in [0.1, 0.15) is 53.9 Å². The minimum atomic E-state index is -0.396. The smallest absolute Gasteiger partial charge is 0.334 e. The van der Waals surface area contributed by atoms with E-state index in [9.17, 15) is 9.59 Å². The summed E-state index contributed by atoms with van der Waals surface area (Å²) in [5.74, 6) is -0.513. The molecule has 4 nitrogen and oxygen atoms in total. The Morgan fingerprint density at radius 2 is 1.37 bits per heavy atom. The minimum absolute atomic E-state index is 0.278. The van der Waals surface area contributed by atoms with Crippen LogP contribution in [-0.2, 0) is 19.1 Å². The average molecular weight is 270 g/mol. The van der Waals surface area contributed by atoms with Gasteiger partial charge in [0.1, 0.15) is 0 Å². The second kappa shape index (κ2) is 9.59. The third-order valence-corrected chi connectivity index (χ3v) is 2.52. The zero-order valence-electron chi connectivity index (χ0n) is 12.7. The summed E-state index contributed by atoms with van der Waals surface area (Å²) in [6.07, 6.45) is 1.86. The Morgan fingerprint density at radius 1 is 0.895 bits per heavy atom. The van der Waals surface area contributed by atoms with Gasteiger partial charge in [0, 0.05) is 11.1 Å². The van der Waals surface area contributed by atoms with Gasteiger partial charge in [-0.25, -0.2) is 9.59 Å². The molecule has 0 aliphatic rings. The summed E-state index contributed by atoms with van der Waals surface area (Å²) in [5, 5.41) is 0. The van der Waals surface area contributed by atoms with E-state index in [-0.39, 0.29) is 5.92 Å². The van der Waals surface area contributed by atoms with Crippen LogP contribution in [0.25, 0.3) is 0 Å². The first kappa shape index (κ1) is 17.7. The molecule has 0 heterocycles. The van der Waals surface area contributed by atoms with Gasteiger partial charge in [-0.3, -0.25) is 0 Å². The minimum Gasteiger partial charge on any atom is -0.463 e. The van der Waals surface area contributed by atoms with E-state index in [1.54, 1.807) is 13.8 Å². The topological polar surface area (TPSA) is 52.6 Å². The molecule has 0 radical (unpaired) electrons. The number of carbonyl (C=O) groups excluding carboxylic acids is 2. The third kappa shape index (κ3) is 6.41. The van der Waals surface area contributed by atoms with Gasteiger partial charge in [-0.2, -0.15) is 0 Å². The summed E-state index contributed by atoms with van der Waals surface area (Å²) < 4.78 is 10.1. The quantitative estimate of drug-likeness (QED) is 0.502. The Morgan fingerprint density at radius 3 is 1.74 bits per heavy atom. The average Bonchev–Trinajstić information content (AvgIpc) is 2.33. The maximum atomic E-state index is 12.0. The second-order valence-corrected chi connectivity index (χ2v) is 4.75. The van der Waals surface area contributed by atoms with E-state index in [1.165, 1.54) is 0 Å². The van der Waals surface area contributed by atoms with Crippen molar-refractivity contribution in [1.82, 2.24) is 0 Å². The highest BCUT2D eigenvalue weighted by Crippen LogP contribution is 2.21. The van der Waals surface area contributed by atoms with Crippen molar-refractivity contribution in [3.8, 4) is 0 Å². The van der Waals surface area contributed by atoms with Gasteiger partial charge in [-0.05, 0) is 32.6 Å². The predicted molar refractivity (Wildman–Crippen MR) is 74.7 cm³/mol. The molecule has 4 heteroatoms. The van der Waals surface area contributed by atoms with Crippen molar-refractivity contribution in [1.29, 1.82) is 0 Å². The molecule has 19 heavy (non-hydrogen) atoms. The molecule has 0 unspecified atom stereocenters. The summed E-state index contributed by atoms with van der Waals surface area (Å²) in [6.45, 7) is 10.1. The molecule has 0 aromatic rings. The Kier molecular flexibility index (Phi) is 8.92. The first-order valence-electron chi connectivity index (χ1n) is 7.04. The molecule has 0 atom stereocenters. The van der Waals surface area contributed by atoms with Gasteiger partial charge >= 0.3 is 11.9 Å². The van der Waals surface area contributed by atoms with E-state index in [0.29, 0.717) is 37.2 Å². The van der Waals surface area contributed by atoms with Crippen LogP contribution in [0.4, 0.5) is 0 Å². The van der Waals surface area contributed by atoms with Crippen LogP contribution in [0.5, 0.6) is 0 Å². The van der Waals surface area contributed by atoms with Crippen molar-refractivity contribution in [3.63, 3.8) is 0 Å². The molecule has 0 aromatic carbocycles. The van der Waals surface area contributed by atoms with E-state index in [1.807, 2.05) is 20.8 Å². The molecular weight excluding hydrogens is 244 g/mol. The highest BCUT2D eigenvalue weighted by Gasteiger charge is 2.23. The van der Waals surface area contributed by atoms with E-state index >= 15 is 0 Å². The Hall–Kier alpha value is -1.32. The fraction of sp³-hybridized carbons (Fsp3) is 0.733. The van der Waals surface area contributed by atoms with E-state index < -0.39 is 11.9 Å². The molecule has 0 saturated carbocycles. The monoisotopic (exact) mass is 270 g/mol. The molecule has 110 valence electrons. The molecule has 0 aliphatic carbocycles. The van der Waals surface area contributed by atoms with Crippen molar-refractivity contribution < 1.29 is 19.1 Å². The molecule has 0 bridgehead atoms. The number of esters is 2. The first-order chi connectivity index (χ1) is 8.97. The lowest BCUT2D eigenvalue weighted by Crippen LogP contribution is -2.18. The van der Waals surface area contributed by atoms with Crippen molar-refractivity contribution in [3.05, 3.63) is 11.1 Å². The van der Waals surface area contributed by atoms with Crippen LogP contribution >= 0.6 is 0 Å². The van der Waals surface area contributed by atoms with Gasteiger partial charge in [0.15, 0.2) is 0 Å². The van der Waals surface area contributed by atoms with E-state index in [4.69, 9.17) is 9.47 Å². The van der Waals surface area contributed by atoms with Crippen molar-refractivity contribution in [2.75, 3.05) is 13.2 Å². The van der Waals surface area contributed by atoms with Crippen LogP contribution < -0.4 is 0 Å². The van der Waals surface area contributed by atoms with Crippen LogP contribution in [0.2, 0.25) is 0 Å². The molecule has 0 rings (SSSR count). The highest BCUT2D eigenvalue weighted by molar-refractivity contribution is 6.00. The highest BCUT2D eigenvalue weighted by atomic mass is 16.5. The molecule has 0 N–H and O–H groups in total. The van der Waals surface area contributed by atoms with Gasteiger partial charge in [0.05, 0.1) is 13.2 Å². The summed E-state index contributed by atoms with van der Waals surface area (Å²) >= 11 is 0. The first-order valence-corrected chi connectivity index (χ1v) is 7.04. The molecule has 0 saturated heterocycles. The van der Waals surface area contributed by atoms with Gasteiger partial charge in [0.25, 0.3) is 0 Å². The number of rotatable bonds is 8. The van der Waals surface area contributed by atoms with Crippen molar-refractivity contribution >= 4 is 11.9 Å². The SMILES string of the molecule is CCC/C(C(=O)OCC)=C(\CC(C)C)C(=O)OCC. The summed E-state index contributed by atoms with van der Waals surface area (Å²) in [7, 11) is 0. The predicted octanol–water partition coefficient (Wildman–Crippen LogP) is 3.26. The fourth-order valence-electron chi connectivity index (χ4n) is 1.80. The normalized spacial score (nSPS) is 12.1. The summed E-state index contributed by atoms with van der Waals surface area (Å²) in [6, 6.07) is 0. The van der Waals surface area contributed by atoms with Crippen LogP contribution in [0, 0.1) is 5.92 Å². The molecule has 0 fully saturated rings. The summed E-state index contributed by atoms with van der Waals surface area (Å²) in [4.78, 5) is 24.0. The van der Waals surface area contributed by atoms with Gasteiger partial charge in [-0.15, -0.1) is 0 Å². The van der Waals surface area contributed by atoms with Crippen LogP contribution in [0.3, 0.4) is 0 Å². The lowest BCUT2D eigenvalue weighted by atomic mass is 9.95. The maximum absolute atomic E-state index is 12.0. The van der Waals surface area contributed by atoms with Gasteiger partial charge in [-0.1, -0.05) is 27.2 Å². The zero-order valence-corrected chi connectivity index (χ0v) is 12.7. The lowest BCUT2D eigenvalue weighted by Gasteiger charge is -2.15. The zero-order chi connectivity index (χ0) is 14.8. The Balaban J connectivity index is 5.41. The standard InChI is InChI=1S/C15H26O4/c1-6-9-12(14(16)18-7-2)13(10-11(4)5)15(17)19-8-3/h11H,6-10H2,1-5H3/b13-12-. The van der Waals surface area contributed by atoms with Crippen molar-refractivity contribution in [2.24, 2.45) is 5.92 Å². The van der Waals surface area contributed by atoms with Gasteiger partial charge in [0.2, 0.25) is 0 Å². The van der Waals surface area contributed by atoms with E-state index in [0.717, 1.165) is 6.42 Å². The maximum Gasteiger partial charge on any atom is 0.334 e. The lowest BCUT2D eigenvalue weighted by molar-refractivity contribution is -0.142. The number of carbonyl (C=O) groups is 2. The molecule has 0 amide bonds. The second-order valence-electron chi connectivity index (χ2n) is 4.75. The number of hydrogen-bond acceptors (Lipinski definition) is 4. The summed E-state index contributed by atoms with van der Waals surface area (Å²) in [5.41, 5.74) is 0.939.